The van der Waals surface area contributed by atoms with Crippen LogP contribution in [0.4, 0.5) is 8.78 Å². The molecule has 0 spiro atoms. The molecular formula is C21H14ClF2N3O4. The molecule has 158 valence electrons. The van der Waals surface area contributed by atoms with Crippen LogP contribution in [0.25, 0.3) is 11.2 Å². The summed E-state index contributed by atoms with van der Waals surface area (Å²) in [7, 11) is 0. The average Bonchev–Trinajstić information content (AvgIpc) is 3.09. The van der Waals surface area contributed by atoms with Gasteiger partial charge in [0, 0.05) is 0 Å². The van der Waals surface area contributed by atoms with Gasteiger partial charge < -0.3 is 19.6 Å². The topological polar surface area (TPSA) is 97.3 Å². The number of carbonyl (C=O) groups is 1. The van der Waals surface area contributed by atoms with Crippen LogP contribution in [0.2, 0.25) is 5.02 Å². The largest absolute Gasteiger partial charge is 0.478 e. The van der Waals surface area contributed by atoms with Crippen molar-refractivity contribution in [1.82, 2.24) is 15.0 Å². The quantitative estimate of drug-likeness (QED) is 0.419. The molecule has 0 fully saturated rings. The van der Waals surface area contributed by atoms with Crippen molar-refractivity contribution in [2.45, 2.75) is 13.5 Å². The fourth-order valence-corrected chi connectivity index (χ4v) is 3.05. The van der Waals surface area contributed by atoms with Crippen molar-refractivity contribution in [2.24, 2.45) is 0 Å². The number of nitrogens with zero attached hydrogens (tertiary/aromatic N) is 2. The summed E-state index contributed by atoms with van der Waals surface area (Å²) in [5.74, 6) is -2.36. The van der Waals surface area contributed by atoms with Gasteiger partial charge in [-0.1, -0.05) is 23.7 Å². The zero-order valence-electron chi connectivity index (χ0n) is 15.9. The Balaban J connectivity index is 1.58. The fraction of sp³-hybridized carbons (Fsp3) is 0.0952. The molecule has 2 heterocycles. The first-order valence-electron chi connectivity index (χ1n) is 8.95. The summed E-state index contributed by atoms with van der Waals surface area (Å²) in [4.78, 5) is 22.5. The molecule has 0 saturated heterocycles. The second kappa shape index (κ2) is 8.19. The normalized spacial score (nSPS) is 11.0. The van der Waals surface area contributed by atoms with Crippen molar-refractivity contribution in [3.63, 3.8) is 0 Å². The van der Waals surface area contributed by atoms with Crippen molar-refractivity contribution in [3.8, 4) is 17.6 Å². The van der Waals surface area contributed by atoms with Crippen molar-refractivity contribution in [1.29, 1.82) is 0 Å². The lowest BCUT2D eigenvalue weighted by atomic mass is 10.1. The molecule has 0 aliphatic carbocycles. The van der Waals surface area contributed by atoms with Gasteiger partial charge in [0.1, 0.15) is 29.0 Å². The number of fused-ring (bicyclic) bond motifs is 1. The molecule has 31 heavy (non-hydrogen) atoms. The van der Waals surface area contributed by atoms with E-state index in [1.807, 2.05) is 0 Å². The van der Waals surface area contributed by atoms with Gasteiger partial charge in [0.2, 0.25) is 5.88 Å². The molecule has 0 radical (unpaired) electrons. The number of halogens is 3. The van der Waals surface area contributed by atoms with Gasteiger partial charge in [-0.2, -0.15) is 9.97 Å². The molecular weight excluding hydrogens is 432 g/mol. The minimum absolute atomic E-state index is 0.0519. The van der Waals surface area contributed by atoms with E-state index in [1.165, 1.54) is 18.2 Å². The zero-order valence-corrected chi connectivity index (χ0v) is 16.7. The van der Waals surface area contributed by atoms with Gasteiger partial charge >= 0.3 is 12.0 Å². The van der Waals surface area contributed by atoms with Gasteiger partial charge in [0.25, 0.3) is 0 Å². The van der Waals surface area contributed by atoms with Crippen LogP contribution in [0.3, 0.4) is 0 Å². The second-order valence-corrected chi connectivity index (χ2v) is 6.97. The zero-order chi connectivity index (χ0) is 22.1. The van der Waals surface area contributed by atoms with Gasteiger partial charge in [-0.3, -0.25) is 0 Å². The van der Waals surface area contributed by atoms with E-state index in [2.05, 4.69) is 15.0 Å². The summed E-state index contributed by atoms with van der Waals surface area (Å²) in [5.41, 5.74) is 1.06. The molecule has 0 unspecified atom stereocenters. The number of aryl methyl sites for hydroxylation is 1. The minimum Gasteiger partial charge on any atom is -0.478 e. The first-order chi connectivity index (χ1) is 14.8. The van der Waals surface area contributed by atoms with Crippen molar-refractivity contribution in [2.75, 3.05) is 0 Å². The van der Waals surface area contributed by atoms with Crippen molar-refractivity contribution < 1.29 is 28.2 Å². The third-order valence-electron chi connectivity index (χ3n) is 4.44. The number of rotatable bonds is 6. The van der Waals surface area contributed by atoms with Crippen molar-refractivity contribution >= 4 is 28.7 Å². The van der Waals surface area contributed by atoms with E-state index in [0.717, 1.165) is 12.1 Å². The smallest absolute Gasteiger partial charge is 0.336 e. The maximum atomic E-state index is 13.8. The summed E-state index contributed by atoms with van der Waals surface area (Å²) in [6, 6.07) is 9.63. The molecule has 2 aromatic heterocycles. The lowest BCUT2D eigenvalue weighted by Crippen LogP contribution is -2.03. The number of pyridine rings is 1. The fourth-order valence-electron chi connectivity index (χ4n) is 2.85. The first-order valence-corrected chi connectivity index (χ1v) is 9.33. The van der Waals surface area contributed by atoms with E-state index in [-0.39, 0.29) is 39.4 Å². The number of imidazole rings is 1. The standard InChI is InChI=1S/C21H14ClF2N3O4/c1-10-5-6-11(7-12(10)20(28)29)31-21-25-17-8-14(22)19(26-18(17)27-21)30-9-13-15(23)3-2-4-16(13)24/h2-8H,9H2,1H3,(H,28,29)(H,25,26,27). The molecule has 2 aromatic carbocycles. The number of hydrogen-bond acceptors (Lipinski definition) is 5. The Morgan fingerprint density at radius 2 is 1.90 bits per heavy atom. The number of hydrogen-bond donors (Lipinski definition) is 2. The Hall–Kier alpha value is -3.72. The number of aromatic amines is 1. The number of carboxylic acids is 1. The number of H-pyrrole nitrogens is 1. The predicted molar refractivity (Wildman–Crippen MR) is 108 cm³/mol. The highest BCUT2D eigenvalue weighted by molar-refractivity contribution is 6.32. The summed E-state index contributed by atoms with van der Waals surface area (Å²) in [6.07, 6.45) is 0. The van der Waals surface area contributed by atoms with Crippen LogP contribution in [0, 0.1) is 18.6 Å². The van der Waals surface area contributed by atoms with Gasteiger partial charge in [-0.05, 0) is 42.8 Å². The van der Waals surface area contributed by atoms with E-state index in [9.17, 15) is 18.7 Å². The van der Waals surface area contributed by atoms with E-state index in [1.54, 1.807) is 19.1 Å². The molecule has 0 atom stereocenters. The maximum absolute atomic E-state index is 13.8. The van der Waals surface area contributed by atoms with E-state index < -0.39 is 24.2 Å². The molecule has 4 aromatic rings. The van der Waals surface area contributed by atoms with Crippen LogP contribution in [0.5, 0.6) is 17.6 Å². The second-order valence-electron chi connectivity index (χ2n) is 6.56. The van der Waals surface area contributed by atoms with Gasteiger partial charge in [0.15, 0.2) is 5.65 Å². The molecule has 10 heteroatoms. The number of carboxylic acid groups (broad SMARTS) is 1. The lowest BCUT2D eigenvalue weighted by Gasteiger charge is -2.08. The highest BCUT2D eigenvalue weighted by Gasteiger charge is 2.15. The Kier molecular flexibility index (Phi) is 5.43. The number of nitrogens with one attached hydrogen (secondary N) is 1. The summed E-state index contributed by atoms with van der Waals surface area (Å²) in [6.45, 7) is 1.26. The number of benzene rings is 2. The van der Waals surface area contributed by atoms with Crippen LogP contribution in [0.1, 0.15) is 21.5 Å². The van der Waals surface area contributed by atoms with Crippen LogP contribution in [-0.4, -0.2) is 26.0 Å². The maximum Gasteiger partial charge on any atom is 0.336 e. The van der Waals surface area contributed by atoms with Crippen LogP contribution in [-0.2, 0) is 6.61 Å². The van der Waals surface area contributed by atoms with Crippen molar-refractivity contribution in [3.05, 3.63) is 75.8 Å². The van der Waals surface area contributed by atoms with Gasteiger partial charge in [-0.15, -0.1) is 0 Å². The summed E-state index contributed by atoms with van der Waals surface area (Å²) < 4.78 is 38.5. The molecule has 4 rings (SSSR count). The van der Waals surface area contributed by atoms with E-state index in [0.29, 0.717) is 11.1 Å². The lowest BCUT2D eigenvalue weighted by molar-refractivity contribution is 0.0695. The molecule has 0 saturated carbocycles. The third kappa shape index (κ3) is 4.26. The van der Waals surface area contributed by atoms with Crippen LogP contribution < -0.4 is 9.47 Å². The molecule has 7 nitrogen and oxygen atoms in total. The predicted octanol–water partition coefficient (Wildman–Crippen LogP) is 5.27. The minimum atomic E-state index is -1.07. The van der Waals surface area contributed by atoms with Crippen LogP contribution in [0.15, 0.2) is 42.5 Å². The summed E-state index contributed by atoms with van der Waals surface area (Å²) in [5, 5.41) is 9.33. The highest BCUT2D eigenvalue weighted by atomic mass is 35.5. The summed E-state index contributed by atoms with van der Waals surface area (Å²) >= 11 is 6.16. The SMILES string of the molecule is Cc1ccc(Oc2nc3nc(OCc4c(F)cccc4F)c(Cl)cc3[nH]2)cc1C(=O)O. The molecule has 0 aliphatic rings. The average molecular weight is 446 g/mol. The van der Waals surface area contributed by atoms with Crippen LogP contribution >= 0.6 is 11.6 Å². The monoisotopic (exact) mass is 445 g/mol. The van der Waals surface area contributed by atoms with E-state index in [4.69, 9.17) is 21.1 Å². The van der Waals surface area contributed by atoms with E-state index >= 15 is 0 Å². The van der Waals surface area contributed by atoms with Gasteiger partial charge in [0.05, 0.1) is 16.6 Å². The number of aromatic nitrogens is 3. The molecule has 0 amide bonds. The first kappa shape index (κ1) is 20.5. The molecule has 0 aliphatic heterocycles. The molecule has 0 bridgehead atoms. The Morgan fingerprint density at radius 1 is 1.16 bits per heavy atom. The highest BCUT2D eigenvalue weighted by Crippen LogP contribution is 2.29. The Labute approximate surface area is 179 Å². The third-order valence-corrected chi connectivity index (χ3v) is 4.71. The number of aromatic carboxylic acids is 1. The number of ether oxygens (including phenoxy) is 2. The molecule has 2 N–H and O–H groups in total. The Bertz CT molecular complexity index is 1290. The van der Waals surface area contributed by atoms with Gasteiger partial charge in [-0.25, -0.2) is 13.6 Å². The Morgan fingerprint density at radius 3 is 2.61 bits per heavy atom.